The van der Waals surface area contributed by atoms with E-state index in [0.717, 1.165) is 5.39 Å². The molecule has 7 nitrogen and oxygen atoms in total. The molecule has 0 saturated carbocycles. The van der Waals surface area contributed by atoms with Crippen LogP contribution in [-0.4, -0.2) is 42.5 Å². The average Bonchev–Trinajstić information content (AvgIpc) is 2.55. The van der Waals surface area contributed by atoms with Gasteiger partial charge in [-0.1, -0.05) is 0 Å². The fraction of sp³-hybridized carbons (Fsp3) is 0.375. The van der Waals surface area contributed by atoms with Crippen molar-refractivity contribution in [2.45, 2.75) is 19.4 Å². The van der Waals surface area contributed by atoms with E-state index in [1.165, 1.54) is 7.11 Å². The molecule has 1 aromatic heterocycles. The zero-order valence-corrected chi connectivity index (χ0v) is 13.0. The fourth-order valence-electron chi connectivity index (χ4n) is 2.23. The van der Waals surface area contributed by atoms with Crippen LogP contribution in [0, 0.1) is 6.92 Å². The lowest BCUT2D eigenvalue weighted by molar-refractivity contribution is -0.121. The summed E-state index contributed by atoms with van der Waals surface area (Å²) in [4.78, 5) is 24.0. The molecule has 124 valence electrons. The molecular weight excluding hydrogens is 302 g/mol. The lowest BCUT2D eigenvalue weighted by Gasteiger charge is -2.11. The highest BCUT2D eigenvalue weighted by molar-refractivity contribution is 5.85. The summed E-state index contributed by atoms with van der Waals surface area (Å²) in [5, 5.41) is 21.1. The van der Waals surface area contributed by atoms with Crippen molar-refractivity contribution in [2.24, 2.45) is 0 Å². The first-order chi connectivity index (χ1) is 11.0. The van der Waals surface area contributed by atoms with E-state index in [4.69, 9.17) is 14.3 Å². The molecule has 0 bridgehead atoms. The van der Waals surface area contributed by atoms with Gasteiger partial charge in [0, 0.05) is 18.0 Å². The monoisotopic (exact) mass is 321 g/mol. The van der Waals surface area contributed by atoms with Crippen molar-refractivity contribution in [1.82, 2.24) is 5.32 Å². The Hall–Kier alpha value is -2.38. The van der Waals surface area contributed by atoms with Crippen molar-refractivity contribution in [3.05, 3.63) is 39.7 Å². The first-order valence-corrected chi connectivity index (χ1v) is 7.12. The molecule has 1 aromatic carbocycles. The molecule has 2 aromatic rings. The van der Waals surface area contributed by atoms with Crippen LogP contribution in [0.25, 0.3) is 11.0 Å². The summed E-state index contributed by atoms with van der Waals surface area (Å²) in [7, 11) is 1.52. The van der Waals surface area contributed by atoms with Gasteiger partial charge in [-0.25, -0.2) is 4.79 Å². The second-order valence-electron chi connectivity index (χ2n) is 5.17. The van der Waals surface area contributed by atoms with Crippen LogP contribution in [0.2, 0.25) is 0 Å². The van der Waals surface area contributed by atoms with Gasteiger partial charge in [0.25, 0.3) is 0 Å². The Kier molecular flexibility index (Phi) is 5.36. The van der Waals surface area contributed by atoms with Gasteiger partial charge in [0.1, 0.15) is 11.3 Å². The number of carbonyl (C=O) groups is 1. The van der Waals surface area contributed by atoms with Gasteiger partial charge in [-0.15, -0.1) is 0 Å². The zero-order valence-electron chi connectivity index (χ0n) is 13.0. The quantitative estimate of drug-likeness (QED) is 0.652. The van der Waals surface area contributed by atoms with E-state index in [0.29, 0.717) is 16.9 Å². The number of amides is 1. The van der Waals surface area contributed by atoms with E-state index in [1.807, 2.05) is 0 Å². The molecule has 0 aliphatic rings. The maximum absolute atomic E-state index is 12.1. The molecule has 1 atom stereocenters. The average molecular weight is 321 g/mol. The molecular formula is C16H19NO6. The van der Waals surface area contributed by atoms with Gasteiger partial charge in [0.05, 0.1) is 31.8 Å². The lowest BCUT2D eigenvalue weighted by Crippen LogP contribution is -2.35. The summed E-state index contributed by atoms with van der Waals surface area (Å²) in [6.45, 7) is 1.22. The van der Waals surface area contributed by atoms with Gasteiger partial charge in [-0.05, 0) is 24.6 Å². The topological polar surface area (TPSA) is 109 Å². The highest BCUT2D eigenvalue weighted by atomic mass is 16.5. The largest absolute Gasteiger partial charge is 0.497 e. The summed E-state index contributed by atoms with van der Waals surface area (Å²) in [6.07, 6.45) is -1.19. The number of aliphatic hydroxyl groups is 2. The van der Waals surface area contributed by atoms with E-state index in [-0.39, 0.29) is 18.5 Å². The Labute approximate surface area is 132 Å². The van der Waals surface area contributed by atoms with Crippen molar-refractivity contribution in [3.8, 4) is 5.75 Å². The summed E-state index contributed by atoms with van der Waals surface area (Å²) in [6, 6.07) is 5.13. The number of benzene rings is 1. The van der Waals surface area contributed by atoms with Gasteiger partial charge in [0.2, 0.25) is 5.91 Å². The third kappa shape index (κ3) is 3.88. The molecule has 0 radical (unpaired) electrons. The number of carbonyl (C=O) groups excluding carboxylic acids is 1. The van der Waals surface area contributed by atoms with Crippen LogP contribution in [0.1, 0.15) is 11.1 Å². The van der Waals surface area contributed by atoms with E-state index < -0.39 is 24.2 Å². The number of aryl methyl sites for hydroxylation is 1. The second kappa shape index (κ2) is 7.26. The van der Waals surface area contributed by atoms with Crippen LogP contribution < -0.4 is 15.7 Å². The number of ether oxygens (including phenoxy) is 1. The predicted octanol–water partition coefficient (Wildman–Crippen LogP) is 0.122. The molecule has 1 heterocycles. The van der Waals surface area contributed by atoms with Crippen LogP contribution in [-0.2, 0) is 11.2 Å². The van der Waals surface area contributed by atoms with E-state index in [1.54, 1.807) is 25.1 Å². The summed E-state index contributed by atoms with van der Waals surface area (Å²) >= 11 is 0. The Balaban J connectivity index is 2.27. The first-order valence-electron chi connectivity index (χ1n) is 7.12. The standard InChI is InChI=1S/C16H19NO6/c1-9-12-4-3-11(22-2)5-14(12)23-16(21)13(9)6-15(20)17-7-10(19)8-18/h3-5,10,18-19H,6-8H2,1-2H3,(H,17,20)/t10-/m1/s1. The fourth-order valence-corrected chi connectivity index (χ4v) is 2.23. The Morgan fingerprint density at radius 3 is 2.83 bits per heavy atom. The third-order valence-electron chi connectivity index (χ3n) is 3.58. The van der Waals surface area contributed by atoms with Gasteiger partial charge in [-0.3, -0.25) is 4.79 Å². The molecule has 0 unspecified atom stereocenters. The van der Waals surface area contributed by atoms with Crippen LogP contribution in [0.3, 0.4) is 0 Å². The number of rotatable bonds is 6. The minimum Gasteiger partial charge on any atom is -0.497 e. The number of hydrogen-bond acceptors (Lipinski definition) is 6. The Morgan fingerprint density at radius 1 is 1.43 bits per heavy atom. The molecule has 2 rings (SSSR count). The molecule has 0 aliphatic carbocycles. The zero-order chi connectivity index (χ0) is 17.0. The van der Waals surface area contributed by atoms with Crippen LogP contribution >= 0.6 is 0 Å². The maximum Gasteiger partial charge on any atom is 0.340 e. The summed E-state index contributed by atoms with van der Waals surface area (Å²) in [5.74, 6) is 0.143. The van der Waals surface area contributed by atoms with Crippen molar-refractivity contribution < 1.29 is 24.2 Å². The van der Waals surface area contributed by atoms with Crippen LogP contribution in [0.4, 0.5) is 0 Å². The molecule has 0 spiro atoms. The van der Waals surface area contributed by atoms with Crippen LogP contribution in [0.5, 0.6) is 5.75 Å². The van der Waals surface area contributed by atoms with E-state index in [2.05, 4.69) is 5.32 Å². The smallest absolute Gasteiger partial charge is 0.340 e. The minimum atomic E-state index is -1.03. The van der Waals surface area contributed by atoms with Crippen molar-refractivity contribution in [2.75, 3.05) is 20.3 Å². The molecule has 7 heteroatoms. The second-order valence-corrected chi connectivity index (χ2v) is 5.17. The van der Waals surface area contributed by atoms with Gasteiger partial charge >= 0.3 is 5.63 Å². The van der Waals surface area contributed by atoms with Gasteiger partial charge in [0.15, 0.2) is 0 Å². The van der Waals surface area contributed by atoms with Crippen molar-refractivity contribution in [1.29, 1.82) is 0 Å². The Bertz CT molecular complexity index is 767. The first kappa shape index (κ1) is 17.0. The molecule has 23 heavy (non-hydrogen) atoms. The molecule has 3 N–H and O–H groups in total. The molecule has 0 aliphatic heterocycles. The molecule has 0 fully saturated rings. The number of methoxy groups -OCH3 is 1. The molecule has 0 saturated heterocycles. The van der Waals surface area contributed by atoms with Gasteiger partial charge < -0.3 is 24.7 Å². The summed E-state index contributed by atoms with van der Waals surface area (Å²) in [5.41, 5.74) is 0.739. The van der Waals surface area contributed by atoms with Crippen LogP contribution in [0.15, 0.2) is 27.4 Å². The minimum absolute atomic E-state index is 0.0789. The SMILES string of the molecule is COc1ccc2c(C)c(CC(=O)NC[C@@H](O)CO)c(=O)oc2c1. The third-order valence-corrected chi connectivity index (χ3v) is 3.58. The predicted molar refractivity (Wildman–Crippen MR) is 83.6 cm³/mol. The Morgan fingerprint density at radius 2 is 2.17 bits per heavy atom. The van der Waals surface area contributed by atoms with Crippen molar-refractivity contribution >= 4 is 16.9 Å². The molecule has 1 amide bonds. The van der Waals surface area contributed by atoms with Gasteiger partial charge in [-0.2, -0.15) is 0 Å². The number of hydrogen-bond donors (Lipinski definition) is 3. The normalized spacial score (nSPS) is 12.2. The lowest BCUT2D eigenvalue weighted by atomic mass is 10.0. The summed E-state index contributed by atoms with van der Waals surface area (Å²) < 4.78 is 10.4. The number of nitrogens with one attached hydrogen (secondary N) is 1. The van der Waals surface area contributed by atoms with E-state index >= 15 is 0 Å². The highest BCUT2D eigenvalue weighted by Crippen LogP contribution is 2.24. The maximum atomic E-state index is 12.1. The van der Waals surface area contributed by atoms with E-state index in [9.17, 15) is 14.7 Å². The number of aliphatic hydroxyl groups excluding tert-OH is 2. The van der Waals surface area contributed by atoms with Crippen molar-refractivity contribution in [3.63, 3.8) is 0 Å². The highest BCUT2D eigenvalue weighted by Gasteiger charge is 2.16. The number of fused-ring (bicyclic) bond motifs is 1.